The van der Waals surface area contributed by atoms with Crippen molar-refractivity contribution in [3.05, 3.63) is 108 Å². The van der Waals surface area contributed by atoms with Crippen LogP contribution in [0.4, 0.5) is 0 Å². The molecule has 0 aromatic heterocycles. The van der Waals surface area contributed by atoms with Gasteiger partial charge < -0.3 is 33.2 Å². The smallest absolute Gasteiger partial charge is 0.303 e. The molecule has 0 bridgehead atoms. The molecule has 8 heteroatoms. The van der Waals surface area contributed by atoms with E-state index in [1.54, 1.807) is 0 Å². The van der Waals surface area contributed by atoms with Gasteiger partial charge in [-0.05, 0) is 37.5 Å². The van der Waals surface area contributed by atoms with E-state index in [9.17, 15) is 4.79 Å². The van der Waals surface area contributed by atoms with Crippen LogP contribution in [0, 0.1) is 5.92 Å². The fourth-order valence-corrected chi connectivity index (χ4v) is 6.18. The first-order chi connectivity index (χ1) is 21.8. The third-order valence-corrected chi connectivity index (χ3v) is 8.53. The monoisotopic (exact) mass is 618 g/mol. The topological polar surface area (TPSA) is 81.7 Å². The molecule has 5 unspecified atom stereocenters. The fourth-order valence-electron chi connectivity index (χ4n) is 6.18. The minimum atomic E-state index is -0.693. The normalized spacial score (nSPS) is 31.8. The Bertz CT molecular complexity index is 1310. The van der Waals surface area contributed by atoms with Crippen LogP contribution in [-0.2, 0) is 57.8 Å². The molecule has 0 spiro atoms. The van der Waals surface area contributed by atoms with Crippen molar-refractivity contribution < 1.29 is 38.0 Å². The van der Waals surface area contributed by atoms with Gasteiger partial charge in [0, 0.05) is 12.8 Å². The van der Waals surface area contributed by atoms with E-state index in [4.69, 9.17) is 33.2 Å². The Kier molecular flexibility index (Phi) is 11.8. The number of hydrogen-bond acceptors (Lipinski definition) is 8. The summed E-state index contributed by atoms with van der Waals surface area (Å²) in [5.74, 6) is -0.642. The summed E-state index contributed by atoms with van der Waals surface area (Å²) < 4.78 is 44.9. The molecule has 8 nitrogen and oxygen atoms in total. The Morgan fingerprint density at radius 2 is 0.956 bits per heavy atom. The molecular weight excluding hydrogens is 572 g/mol. The Labute approximate surface area is 266 Å². The van der Waals surface area contributed by atoms with Crippen LogP contribution in [0.1, 0.15) is 51.3 Å². The van der Waals surface area contributed by atoms with Crippen LogP contribution >= 0.6 is 0 Å². The molecule has 45 heavy (non-hydrogen) atoms. The maximum atomic E-state index is 12.2. The van der Waals surface area contributed by atoms with Crippen molar-refractivity contribution in [2.75, 3.05) is 0 Å². The molecule has 2 aliphatic heterocycles. The SMILES string of the molecule is CC(=O)OC1C(C)OC(C)[C@H](OCc2ccccc2)[C@H]1O[C@@H]1OC(C)[C@H](OCc2ccccc2)[C@@H](OCc2ccccc2)C1C. The first-order valence-corrected chi connectivity index (χ1v) is 15.9. The van der Waals surface area contributed by atoms with Gasteiger partial charge in [-0.25, -0.2) is 0 Å². The van der Waals surface area contributed by atoms with Crippen LogP contribution in [0.2, 0.25) is 0 Å². The van der Waals surface area contributed by atoms with E-state index in [1.807, 2.05) is 112 Å². The lowest BCUT2D eigenvalue weighted by molar-refractivity contribution is -0.335. The zero-order valence-corrected chi connectivity index (χ0v) is 26.8. The second-order valence-corrected chi connectivity index (χ2v) is 12.1. The zero-order chi connectivity index (χ0) is 31.8. The first kappa shape index (κ1) is 33.3. The van der Waals surface area contributed by atoms with Crippen LogP contribution in [0.5, 0.6) is 0 Å². The highest BCUT2D eigenvalue weighted by atomic mass is 16.7. The van der Waals surface area contributed by atoms with Gasteiger partial charge in [0.1, 0.15) is 18.3 Å². The van der Waals surface area contributed by atoms with Crippen molar-refractivity contribution >= 4 is 5.97 Å². The third kappa shape index (κ3) is 8.79. The summed E-state index contributed by atoms with van der Waals surface area (Å²) in [7, 11) is 0. The maximum absolute atomic E-state index is 12.2. The summed E-state index contributed by atoms with van der Waals surface area (Å²) in [4.78, 5) is 12.2. The summed E-state index contributed by atoms with van der Waals surface area (Å²) in [6.07, 6.45) is -4.29. The van der Waals surface area contributed by atoms with E-state index >= 15 is 0 Å². The zero-order valence-electron chi connectivity index (χ0n) is 26.8. The molecule has 0 aliphatic carbocycles. The van der Waals surface area contributed by atoms with Crippen LogP contribution < -0.4 is 0 Å². The first-order valence-electron chi connectivity index (χ1n) is 15.9. The molecule has 0 amide bonds. The number of benzene rings is 3. The van der Waals surface area contributed by atoms with Gasteiger partial charge in [-0.15, -0.1) is 0 Å². The minimum Gasteiger partial charge on any atom is -0.457 e. The van der Waals surface area contributed by atoms with Gasteiger partial charge in [0.05, 0.1) is 44.2 Å². The van der Waals surface area contributed by atoms with Gasteiger partial charge in [0.2, 0.25) is 0 Å². The van der Waals surface area contributed by atoms with Crippen molar-refractivity contribution in [3.63, 3.8) is 0 Å². The van der Waals surface area contributed by atoms with Crippen molar-refractivity contribution in [1.82, 2.24) is 0 Å². The van der Waals surface area contributed by atoms with E-state index < -0.39 is 36.7 Å². The fraction of sp³-hybridized carbons (Fsp3) is 0.486. The second kappa shape index (κ2) is 15.9. The molecular formula is C37H46O8. The molecule has 3 aromatic rings. The molecule has 2 aliphatic rings. The molecule has 0 N–H and O–H groups in total. The van der Waals surface area contributed by atoms with E-state index in [1.165, 1.54) is 6.92 Å². The van der Waals surface area contributed by atoms with Crippen molar-refractivity contribution in [2.24, 2.45) is 5.92 Å². The number of ether oxygens (including phenoxy) is 7. The molecule has 0 saturated carbocycles. The Morgan fingerprint density at radius 3 is 1.42 bits per heavy atom. The predicted molar refractivity (Wildman–Crippen MR) is 169 cm³/mol. The lowest BCUT2D eigenvalue weighted by atomic mass is 9.91. The van der Waals surface area contributed by atoms with Gasteiger partial charge in [0.25, 0.3) is 0 Å². The lowest BCUT2D eigenvalue weighted by Gasteiger charge is -2.49. The Morgan fingerprint density at radius 1 is 0.556 bits per heavy atom. The van der Waals surface area contributed by atoms with Gasteiger partial charge in [-0.1, -0.05) is 97.9 Å². The number of hydrogen-bond donors (Lipinski definition) is 0. The van der Waals surface area contributed by atoms with Crippen LogP contribution in [0.25, 0.3) is 0 Å². The number of carbonyl (C=O) groups is 1. The third-order valence-electron chi connectivity index (χ3n) is 8.53. The lowest BCUT2D eigenvalue weighted by Crippen LogP contribution is -2.62. The predicted octanol–water partition coefficient (Wildman–Crippen LogP) is 6.25. The summed E-state index contributed by atoms with van der Waals surface area (Å²) >= 11 is 0. The molecule has 3 aromatic carbocycles. The van der Waals surface area contributed by atoms with Gasteiger partial charge in [0.15, 0.2) is 12.4 Å². The summed E-state index contributed by atoms with van der Waals surface area (Å²) in [6.45, 7) is 10.5. The van der Waals surface area contributed by atoms with Crippen molar-refractivity contribution in [3.8, 4) is 0 Å². The summed E-state index contributed by atoms with van der Waals surface area (Å²) in [5, 5.41) is 0. The van der Waals surface area contributed by atoms with E-state index in [2.05, 4.69) is 6.92 Å². The highest BCUT2D eigenvalue weighted by Gasteiger charge is 2.51. The molecule has 2 fully saturated rings. The molecule has 242 valence electrons. The van der Waals surface area contributed by atoms with Crippen LogP contribution in [-0.4, -0.2) is 61.1 Å². The van der Waals surface area contributed by atoms with Gasteiger partial charge in [-0.3, -0.25) is 4.79 Å². The molecule has 10 atom stereocenters. The van der Waals surface area contributed by atoms with Crippen LogP contribution in [0.15, 0.2) is 91.0 Å². The van der Waals surface area contributed by atoms with Crippen molar-refractivity contribution in [1.29, 1.82) is 0 Å². The maximum Gasteiger partial charge on any atom is 0.303 e. The second-order valence-electron chi connectivity index (χ2n) is 12.1. The number of carbonyl (C=O) groups excluding carboxylic acids is 1. The summed E-state index contributed by atoms with van der Waals surface area (Å²) in [6, 6.07) is 30.1. The highest BCUT2D eigenvalue weighted by molar-refractivity contribution is 5.66. The standard InChI is InChI=1S/C37H46O8/c1-24-32(39-21-29-15-9-6-10-16-29)33(40-22-30-17-11-7-12-18-30)26(3)43-37(24)45-36-34(41-23-31-19-13-8-14-20-31)25(2)42-27(4)35(36)44-28(5)38/h6-20,24-27,32-37H,21-23H2,1-5H3/t24?,25?,26?,27?,32-,33-,34-,35?,36+,37-/m0/s1. The molecule has 2 heterocycles. The largest absolute Gasteiger partial charge is 0.457 e. The quantitative estimate of drug-likeness (QED) is 0.221. The van der Waals surface area contributed by atoms with Crippen molar-refractivity contribution in [2.45, 2.75) is 110 Å². The average Bonchev–Trinajstić information content (AvgIpc) is 3.04. The minimum absolute atomic E-state index is 0.230. The Hall–Kier alpha value is -3.11. The summed E-state index contributed by atoms with van der Waals surface area (Å²) in [5.41, 5.74) is 3.17. The van der Waals surface area contributed by atoms with E-state index in [-0.39, 0.29) is 30.3 Å². The molecule has 5 rings (SSSR count). The Balaban J connectivity index is 1.38. The number of rotatable bonds is 12. The van der Waals surface area contributed by atoms with E-state index in [0.717, 1.165) is 16.7 Å². The average molecular weight is 619 g/mol. The van der Waals surface area contributed by atoms with Crippen LogP contribution in [0.3, 0.4) is 0 Å². The highest BCUT2D eigenvalue weighted by Crippen LogP contribution is 2.36. The van der Waals surface area contributed by atoms with Gasteiger partial charge >= 0.3 is 5.97 Å². The molecule has 0 radical (unpaired) electrons. The molecule has 2 saturated heterocycles. The van der Waals surface area contributed by atoms with E-state index in [0.29, 0.717) is 19.8 Å². The van der Waals surface area contributed by atoms with Gasteiger partial charge in [-0.2, -0.15) is 0 Å². The number of esters is 1.